The van der Waals surface area contributed by atoms with Crippen molar-refractivity contribution in [1.82, 2.24) is 19.1 Å². The van der Waals surface area contributed by atoms with E-state index in [9.17, 15) is 56.6 Å². The van der Waals surface area contributed by atoms with Crippen molar-refractivity contribution in [3.05, 3.63) is 45.5 Å². The zero-order valence-electron chi connectivity index (χ0n) is 27.2. The maximum Gasteiger partial charge on any atom is 0.490 e. The van der Waals surface area contributed by atoms with Crippen LogP contribution >= 0.6 is 68.5 Å². The highest BCUT2D eigenvalue weighted by atomic mass is 33.1. The van der Waals surface area contributed by atoms with Crippen LogP contribution in [0.3, 0.4) is 0 Å². The molecular weight excluding hydrogens is 934 g/mol. The van der Waals surface area contributed by atoms with Crippen LogP contribution in [-0.4, -0.2) is 94.2 Å². The maximum absolute atomic E-state index is 12.6. The van der Waals surface area contributed by atoms with Gasteiger partial charge in [-0.25, -0.2) is 37.0 Å². The summed E-state index contributed by atoms with van der Waals surface area (Å²) in [7, 11) is -32.6. The zero-order chi connectivity index (χ0) is 42.1. The van der Waals surface area contributed by atoms with E-state index in [4.69, 9.17) is 49.6 Å². The molecule has 12 N–H and O–H groups in total. The second-order valence-corrected chi connectivity index (χ2v) is 22.4. The number of phosphoric ester groups is 2. The first-order valence-corrected chi connectivity index (χ1v) is 25.7. The molecule has 30 nitrogen and oxygen atoms in total. The molecule has 4 unspecified atom stereocenters. The molecule has 38 heteroatoms. The summed E-state index contributed by atoms with van der Waals surface area (Å²) in [6.45, 7) is -1.91. The van der Waals surface area contributed by atoms with Crippen LogP contribution in [0.2, 0.25) is 0 Å². The van der Waals surface area contributed by atoms with E-state index in [1.165, 1.54) is 24.5 Å². The van der Waals surface area contributed by atoms with E-state index in [2.05, 4.69) is 27.2 Å². The summed E-state index contributed by atoms with van der Waals surface area (Å²) in [5, 5.41) is -1.78. The maximum atomic E-state index is 12.6. The summed E-state index contributed by atoms with van der Waals surface area (Å²) < 4.78 is 108. The fourth-order valence-corrected chi connectivity index (χ4v) is 14.1. The molecule has 2 saturated heterocycles. The Morgan fingerprint density at radius 3 is 1.27 bits per heavy atom. The lowest BCUT2D eigenvalue weighted by molar-refractivity contribution is -0.0235. The number of aromatic nitrogens is 4. The number of hydrogen-bond acceptors (Lipinski definition) is 22. The molecule has 2 aromatic rings. The summed E-state index contributed by atoms with van der Waals surface area (Å²) in [4.78, 5) is 106. The lowest BCUT2D eigenvalue weighted by Crippen LogP contribution is -2.28. The number of nitrogens with two attached hydrogens (primary N) is 2. The lowest BCUT2D eigenvalue weighted by Gasteiger charge is -2.23. The van der Waals surface area contributed by atoms with Gasteiger partial charge in [-0.3, -0.25) is 18.2 Å². The van der Waals surface area contributed by atoms with Crippen LogP contribution < -0.4 is 22.8 Å². The standard InChI is InChI=1S/C18H30N6O24P6S2/c19-13-1-3-23(17(25)21-13)15-5-11(9(43-15)7-41-51(33,34)47-53(37,38)45-49(27,28)29)55-56-12-6-16(24-4-2-14(20)22-18(24)26)44-10(12)8-42-52(35,36)48-54(39,40)46-50(30,31)32/h1-4,9-12,15-16H,5-8H2,(H,33,34)(H,35,36)(H,37,38)(H,39,40)(H2,19,21,25)(H2,20,22,26)(H2,27,28,29)(H2,30,31,32)/t9-,10-,11+,12+,15-,16-/m1/s1. The average Bonchev–Trinajstić information content (AvgIpc) is 3.58. The van der Waals surface area contributed by atoms with Gasteiger partial charge < -0.3 is 60.1 Å². The average molecular weight is 964 g/mol. The molecule has 318 valence electrons. The van der Waals surface area contributed by atoms with Gasteiger partial charge in [-0.05, 0) is 12.1 Å². The summed E-state index contributed by atoms with van der Waals surface area (Å²) in [5.74, 6) is -0.299. The predicted octanol–water partition coefficient (Wildman–Crippen LogP) is 0.0448. The number of anilines is 2. The Hall–Kier alpha value is -1.20. The van der Waals surface area contributed by atoms with Gasteiger partial charge in [0.25, 0.3) is 0 Å². The highest BCUT2D eigenvalue weighted by Gasteiger charge is 2.46. The Labute approximate surface area is 319 Å². The Morgan fingerprint density at radius 2 is 0.964 bits per heavy atom. The van der Waals surface area contributed by atoms with Crippen LogP contribution in [0.4, 0.5) is 11.6 Å². The molecule has 0 aliphatic carbocycles. The Kier molecular flexibility index (Phi) is 15.4. The van der Waals surface area contributed by atoms with Crippen molar-refractivity contribution < 1.29 is 102 Å². The molecule has 2 aliphatic rings. The number of phosphoric acid groups is 6. The zero-order valence-corrected chi connectivity index (χ0v) is 34.2. The quantitative estimate of drug-likeness (QED) is 0.0656. The second-order valence-electron chi connectivity index (χ2n) is 10.9. The SMILES string of the molecule is Nc1ccn([C@H]2C[C@H](SS[C@H]3C[C@H](n4ccc(N)nc4=O)O[C@@H]3COP(=O)(O)OP(=O)(O)OP(=O)(O)O)[C@@H](COP(=O)(O)OP(=O)(O)OP(=O)(O)O)O2)c(=O)n1. The Morgan fingerprint density at radius 1 is 0.625 bits per heavy atom. The summed E-state index contributed by atoms with van der Waals surface area (Å²) in [6.07, 6.45) is -2.78. The molecule has 10 atom stereocenters. The Bertz CT molecular complexity index is 2020. The first kappa shape index (κ1) is 47.5. The van der Waals surface area contributed by atoms with Crippen molar-refractivity contribution in [2.24, 2.45) is 0 Å². The van der Waals surface area contributed by atoms with Crippen molar-refractivity contribution in [2.75, 3.05) is 24.7 Å². The summed E-state index contributed by atoms with van der Waals surface area (Å²) >= 11 is 0. The highest BCUT2D eigenvalue weighted by Crippen LogP contribution is 2.67. The number of hydrogen-bond donors (Lipinski definition) is 10. The molecule has 0 bridgehead atoms. The summed E-state index contributed by atoms with van der Waals surface area (Å²) in [6, 6.07) is 2.49. The van der Waals surface area contributed by atoms with Crippen LogP contribution in [0.5, 0.6) is 0 Å². The minimum Gasteiger partial charge on any atom is -0.383 e. The van der Waals surface area contributed by atoms with Gasteiger partial charge in [0.15, 0.2) is 0 Å². The van der Waals surface area contributed by atoms with Gasteiger partial charge in [-0.15, -0.1) is 0 Å². The molecule has 0 aromatic carbocycles. The highest BCUT2D eigenvalue weighted by molar-refractivity contribution is 8.77. The van der Waals surface area contributed by atoms with Gasteiger partial charge in [0.05, 0.1) is 25.4 Å². The third-order valence-corrected chi connectivity index (χ3v) is 17.6. The minimum atomic E-state index is -5.89. The van der Waals surface area contributed by atoms with E-state index in [1.807, 2.05) is 0 Å². The monoisotopic (exact) mass is 964 g/mol. The number of rotatable bonds is 19. The molecule has 0 saturated carbocycles. The van der Waals surface area contributed by atoms with E-state index in [-0.39, 0.29) is 24.5 Å². The fourth-order valence-electron chi connectivity index (χ4n) is 4.62. The lowest BCUT2D eigenvalue weighted by atomic mass is 10.2. The third kappa shape index (κ3) is 14.8. The van der Waals surface area contributed by atoms with E-state index in [1.54, 1.807) is 0 Å². The molecule has 2 aromatic heterocycles. The van der Waals surface area contributed by atoms with Gasteiger partial charge >= 0.3 is 58.3 Å². The van der Waals surface area contributed by atoms with Crippen LogP contribution in [0.1, 0.15) is 25.3 Å². The van der Waals surface area contributed by atoms with E-state index in [0.29, 0.717) is 0 Å². The van der Waals surface area contributed by atoms with Crippen LogP contribution in [0.25, 0.3) is 0 Å². The third-order valence-electron chi connectivity index (χ3n) is 6.62. The van der Waals surface area contributed by atoms with Crippen LogP contribution in [0.15, 0.2) is 34.1 Å². The first-order valence-electron chi connectivity index (χ1n) is 14.4. The van der Waals surface area contributed by atoms with Crippen LogP contribution in [0, 0.1) is 0 Å². The van der Waals surface area contributed by atoms with Crippen molar-refractivity contribution in [2.45, 2.75) is 48.0 Å². The smallest absolute Gasteiger partial charge is 0.383 e. The topological polar surface area (TPSA) is 460 Å². The fraction of sp³-hybridized carbons (Fsp3) is 0.556. The number of nitrogen functional groups attached to an aromatic ring is 2. The molecule has 56 heavy (non-hydrogen) atoms. The van der Waals surface area contributed by atoms with Crippen molar-refractivity contribution in [1.29, 1.82) is 0 Å². The second kappa shape index (κ2) is 18.2. The molecule has 0 radical (unpaired) electrons. The number of nitrogens with zero attached hydrogens (tertiary/aromatic N) is 4. The minimum absolute atomic E-state index is 0.113. The van der Waals surface area contributed by atoms with E-state index < -0.39 is 107 Å². The van der Waals surface area contributed by atoms with Crippen molar-refractivity contribution in [3.63, 3.8) is 0 Å². The molecule has 0 spiro atoms. The Balaban J connectivity index is 1.55. The van der Waals surface area contributed by atoms with E-state index in [0.717, 1.165) is 30.7 Å². The molecule has 0 amide bonds. The van der Waals surface area contributed by atoms with Crippen LogP contribution in [-0.2, 0) is 63.2 Å². The van der Waals surface area contributed by atoms with Gasteiger partial charge in [-0.2, -0.15) is 27.2 Å². The molecule has 4 heterocycles. The number of ether oxygens (including phenoxy) is 2. The predicted molar refractivity (Wildman–Crippen MR) is 185 cm³/mol. The summed E-state index contributed by atoms with van der Waals surface area (Å²) in [5.41, 5.74) is 9.31. The molecule has 2 aliphatic heterocycles. The normalized spacial score (nSPS) is 27.6. The first-order chi connectivity index (χ1) is 25.5. The van der Waals surface area contributed by atoms with Crippen molar-refractivity contribution >= 4 is 80.2 Å². The van der Waals surface area contributed by atoms with Crippen molar-refractivity contribution in [3.8, 4) is 0 Å². The van der Waals surface area contributed by atoms with Gasteiger partial charge in [0.2, 0.25) is 0 Å². The van der Waals surface area contributed by atoms with Gasteiger partial charge in [0, 0.05) is 35.7 Å². The van der Waals surface area contributed by atoms with Gasteiger partial charge in [0.1, 0.15) is 24.1 Å². The molecular formula is C18H30N6O24P6S2. The molecule has 4 rings (SSSR count). The largest absolute Gasteiger partial charge is 0.490 e. The van der Waals surface area contributed by atoms with E-state index >= 15 is 0 Å². The van der Waals surface area contributed by atoms with Gasteiger partial charge in [-0.1, -0.05) is 21.6 Å². The molecule has 2 fully saturated rings.